The van der Waals surface area contributed by atoms with Crippen LogP contribution in [-0.2, 0) is 22.4 Å². The van der Waals surface area contributed by atoms with E-state index in [0.717, 1.165) is 37.6 Å². The van der Waals surface area contributed by atoms with E-state index in [1.54, 1.807) is 0 Å². The Hall–Kier alpha value is -3.55. The van der Waals surface area contributed by atoms with Crippen LogP contribution in [0.2, 0.25) is 0 Å². The number of rotatable bonds is 4. The zero-order chi connectivity index (χ0) is 26.8. The number of benzene rings is 2. The molecule has 0 amide bonds. The maximum absolute atomic E-state index is 11.8. The summed E-state index contributed by atoms with van der Waals surface area (Å²) in [7, 11) is 1.46. The van der Waals surface area contributed by atoms with Gasteiger partial charge in [-0.15, -0.1) is 0 Å². The molecule has 2 aromatic carbocycles. The van der Waals surface area contributed by atoms with Crippen molar-refractivity contribution in [3.05, 3.63) is 64.5 Å². The first-order valence-electron chi connectivity index (χ1n) is 13.3. The summed E-state index contributed by atoms with van der Waals surface area (Å²) in [5.74, 6) is 3.64. The zero-order valence-corrected chi connectivity index (χ0v) is 22.6. The molecule has 0 radical (unpaired) electrons. The van der Waals surface area contributed by atoms with Gasteiger partial charge in [-0.1, -0.05) is 52.0 Å². The molecule has 2 fully saturated rings. The van der Waals surface area contributed by atoms with E-state index in [0.29, 0.717) is 11.8 Å². The highest BCUT2D eigenvalue weighted by molar-refractivity contribution is 5.79. The maximum Gasteiger partial charge on any atom is 0.309 e. The summed E-state index contributed by atoms with van der Waals surface area (Å²) < 4.78 is 21.4. The molecule has 38 heavy (non-hydrogen) atoms. The molecule has 7 rings (SSSR count). The van der Waals surface area contributed by atoms with Crippen molar-refractivity contribution in [3.8, 4) is 11.5 Å². The van der Waals surface area contributed by atoms with E-state index in [1.807, 2.05) is 18.2 Å². The summed E-state index contributed by atoms with van der Waals surface area (Å²) >= 11 is 0. The molecule has 0 saturated heterocycles. The fourth-order valence-corrected chi connectivity index (χ4v) is 6.92. The summed E-state index contributed by atoms with van der Waals surface area (Å²) in [4.78, 5) is 16.0. The van der Waals surface area contributed by atoms with Gasteiger partial charge in [0.25, 0.3) is 5.95 Å². The minimum absolute atomic E-state index is 0.00912. The molecule has 3 heterocycles. The largest absolute Gasteiger partial charge is 0.493 e. The third-order valence-electron chi connectivity index (χ3n) is 9.06. The third-order valence-corrected chi connectivity index (χ3v) is 9.06. The zero-order valence-electron chi connectivity index (χ0n) is 22.6. The molecule has 0 bridgehead atoms. The number of nitrogens with two attached hydrogens (primary N) is 1. The topological polar surface area (TPSA) is 110 Å². The highest BCUT2D eigenvalue weighted by atomic mass is 16.5. The monoisotopic (exact) mass is 517 g/mol. The van der Waals surface area contributed by atoms with Gasteiger partial charge in [-0.2, -0.15) is 4.98 Å². The lowest BCUT2D eigenvalue weighted by Crippen LogP contribution is -2.07. The molecule has 4 aliphatic rings. The molecule has 8 nitrogen and oxygen atoms in total. The van der Waals surface area contributed by atoms with E-state index in [2.05, 4.69) is 56.0 Å². The molecule has 2 aliphatic heterocycles. The van der Waals surface area contributed by atoms with Crippen LogP contribution in [0.3, 0.4) is 0 Å². The van der Waals surface area contributed by atoms with Crippen molar-refractivity contribution in [2.75, 3.05) is 26.1 Å². The van der Waals surface area contributed by atoms with E-state index < -0.39 is 0 Å². The van der Waals surface area contributed by atoms with Crippen LogP contribution in [0.25, 0.3) is 0 Å². The summed E-state index contributed by atoms with van der Waals surface area (Å²) in [6, 6.07) is 12.5. The summed E-state index contributed by atoms with van der Waals surface area (Å²) in [6.45, 7) is 10.3. The Balaban J connectivity index is 0.000000140. The highest BCUT2D eigenvalue weighted by Crippen LogP contribution is 2.70. The number of fused-ring (bicyclic) bond motifs is 2. The van der Waals surface area contributed by atoms with E-state index in [4.69, 9.17) is 24.5 Å². The van der Waals surface area contributed by atoms with Crippen molar-refractivity contribution in [2.24, 2.45) is 16.7 Å². The predicted octanol–water partition coefficient (Wildman–Crippen LogP) is 5.03. The molecular formula is C30H35N3O5. The van der Waals surface area contributed by atoms with Gasteiger partial charge in [0, 0.05) is 35.8 Å². The Morgan fingerprint density at radius 3 is 2.00 bits per heavy atom. The number of nitrogens with zero attached hydrogens (tertiary/aromatic N) is 2. The normalized spacial score (nSPS) is 26.7. The van der Waals surface area contributed by atoms with Gasteiger partial charge >= 0.3 is 5.97 Å². The van der Waals surface area contributed by atoms with Crippen molar-refractivity contribution in [1.29, 1.82) is 0 Å². The van der Waals surface area contributed by atoms with Gasteiger partial charge in [0.15, 0.2) is 0 Å². The highest BCUT2D eigenvalue weighted by Gasteiger charge is 2.64. The Labute approximate surface area is 222 Å². The van der Waals surface area contributed by atoms with Crippen molar-refractivity contribution in [2.45, 2.75) is 58.3 Å². The van der Waals surface area contributed by atoms with E-state index in [-0.39, 0.29) is 40.5 Å². The fraction of sp³-hybridized carbons (Fsp3) is 0.500. The van der Waals surface area contributed by atoms with Gasteiger partial charge in [0.2, 0.25) is 5.89 Å². The van der Waals surface area contributed by atoms with Crippen molar-refractivity contribution >= 4 is 11.9 Å². The second-order valence-electron chi connectivity index (χ2n) is 11.9. The molecule has 8 heteroatoms. The number of carbonyl (C=O) groups excluding carboxylic acids is 1. The SMILES string of the molecule is CC1(C)C(c2cccc3c2CCO3)[C@H]1c1nc(N)no1.COC(=O)[C@@H]1C(c2cccc3c2CCO3)C1(C)C. The first-order valence-corrected chi connectivity index (χ1v) is 13.3. The second kappa shape index (κ2) is 8.75. The number of methoxy groups -OCH3 is 1. The van der Waals surface area contributed by atoms with Crippen LogP contribution in [0, 0.1) is 16.7 Å². The van der Waals surface area contributed by atoms with Gasteiger partial charge in [0.1, 0.15) is 11.5 Å². The van der Waals surface area contributed by atoms with E-state index in [9.17, 15) is 4.79 Å². The molecule has 1 aromatic heterocycles. The smallest absolute Gasteiger partial charge is 0.309 e. The van der Waals surface area contributed by atoms with Crippen LogP contribution in [-0.4, -0.2) is 36.4 Å². The van der Waals surface area contributed by atoms with Crippen LogP contribution >= 0.6 is 0 Å². The Bertz CT molecular complexity index is 1390. The van der Waals surface area contributed by atoms with Gasteiger partial charge in [-0.05, 0) is 39.2 Å². The Morgan fingerprint density at radius 1 is 0.895 bits per heavy atom. The quantitative estimate of drug-likeness (QED) is 0.480. The molecular weight excluding hydrogens is 482 g/mol. The Kier molecular flexibility index (Phi) is 5.70. The molecule has 2 aliphatic carbocycles. The first kappa shape index (κ1) is 24.8. The molecule has 4 atom stereocenters. The number of ether oxygens (including phenoxy) is 3. The van der Waals surface area contributed by atoms with Gasteiger partial charge < -0.3 is 24.5 Å². The summed E-state index contributed by atoms with van der Waals surface area (Å²) in [6.07, 6.45) is 1.93. The number of hydrogen-bond acceptors (Lipinski definition) is 8. The van der Waals surface area contributed by atoms with Crippen molar-refractivity contribution in [1.82, 2.24) is 10.1 Å². The van der Waals surface area contributed by atoms with Crippen molar-refractivity contribution < 1.29 is 23.5 Å². The second-order valence-corrected chi connectivity index (χ2v) is 11.9. The number of anilines is 1. The van der Waals surface area contributed by atoms with Crippen LogP contribution in [0.4, 0.5) is 5.95 Å². The Morgan fingerprint density at radius 2 is 1.47 bits per heavy atom. The maximum atomic E-state index is 11.8. The lowest BCUT2D eigenvalue weighted by molar-refractivity contribution is -0.143. The number of aromatic nitrogens is 2. The number of carbonyl (C=O) groups is 1. The van der Waals surface area contributed by atoms with Gasteiger partial charge in [-0.3, -0.25) is 4.79 Å². The van der Waals surface area contributed by atoms with Crippen LogP contribution in [0.5, 0.6) is 11.5 Å². The molecule has 200 valence electrons. The van der Waals surface area contributed by atoms with Crippen LogP contribution < -0.4 is 15.2 Å². The molecule has 2 N–H and O–H groups in total. The fourth-order valence-electron chi connectivity index (χ4n) is 6.92. The number of nitrogen functional groups attached to an aromatic ring is 1. The lowest BCUT2D eigenvalue weighted by atomic mass is 9.96. The van der Waals surface area contributed by atoms with Gasteiger partial charge in [0.05, 0.1) is 32.2 Å². The minimum Gasteiger partial charge on any atom is -0.493 e. The summed E-state index contributed by atoms with van der Waals surface area (Å²) in [5.41, 5.74) is 10.9. The molecule has 3 aromatic rings. The minimum atomic E-state index is -0.0958. The van der Waals surface area contributed by atoms with Crippen LogP contribution in [0.15, 0.2) is 40.9 Å². The third kappa shape index (κ3) is 3.84. The number of hydrogen-bond donors (Lipinski definition) is 1. The van der Waals surface area contributed by atoms with E-state index >= 15 is 0 Å². The molecule has 0 spiro atoms. The standard InChI is InChI=1S/C15H17N3O2.C15H18O3/c1-15(2)11(12(15)13-17-14(16)18-20-13)9-4-3-5-10-8(9)6-7-19-10;1-15(2)12(13(15)14(16)17-3)10-5-4-6-11-9(10)7-8-18-11/h3-5,11-12H,6-7H2,1-2H3,(H2,16,18);4-6,12-13H,7-8H2,1-3H3/t11?,12-;12?,13-/m00/s1. The van der Waals surface area contributed by atoms with E-state index in [1.165, 1.54) is 29.4 Å². The lowest BCUT2D eigenvalue weighted by Gasteiger charge is -2.07. The predicted molar refractivity (Wildman–Crippen MR) is 141 cm³/mol. The average molecular weight is 518 g/mol. The van der Waals surface area contributed by atoms with Gasteiger partial charge in [-0.25, -0.2) is 0 Å². The number of esters is 1. The molecule has 2 saturated carbocycles. The van der Waals surface area contributed by atoms with Crippen LogP contribution in [0.1, 0.15) is 73.6 Å². The average Bonchev–Trinajstić information content (AvgIpc) is 3.35. The summed E-state index contributed by atoms with van der Waals surface area (Å²) in [5, 5.41) is 3.71. The first-order chi connectivity index (χ1) is 18.2. The van der Waals surface area contributed by atoms with Crippen molar-refractivity contribution in [3.63, 3.8) is 0 Å². The molecule has 2 unspecified atom stereocenters.